The summed E-state index contributed by atoms with van der Waals surface area (Å²) in [6.07, 6.45) is 2.30. The number of para-hydroxylation sites is 1. The largest absolute Gasteiger partial charge is 0.481 e. The van der Waals surface area contributed by atoms with Crippen LogP contribution >= 0.6 is 0 Å². The lowest BCUT2D eigenvalue weighted by molar-refractivity contribution is -0.138. The maximum Gasteiger partial charge on any atom is 0.310 e. The third-order valence-corrected chi connectivity index (χ3v) is 4.93. The molecule has 0 saturated carbocycles. The van der Waals surface area contributed by atoms with Crippen molar-refractivity contribution in [3.8, 4) is 11.1 Å². The minimum atomic E-state index is -3.25. The van der Waals surface area contributed by atoms with E-state index in [2.05, 4.69) is 0 Å². The Morgan fingerprint density at radius 1 is 1.18 bits per heavy atom. The number of halogens is 2. The van der Waals surface area contributed by atoms with Crippen LogP contribution < -0.4 is 0 Å². The molecule has 3 nitrogen and oxygen atoms in total. The molecule has 2 aromatic carbocycles. The molecule has 0 spiro atoms. The lowest BCUT2D eigenvalue weighted by Gasteiger charge is -2.17. The van der Waals surface area contributed by atoms with Crippen molar-refractivity contribution < 1.29 is 23.1 Å². The van der Waals surface area contributed by atoms with Gasteiger partial charge in [-0.1, -0.05) is 61.9 Å². The summed E-state index contributed by atoms with van der Waals surface area (Å²) in [5.41, 5.74) is 1.84. The Bertz CT molecular complexity index is 961. The van der Waals surface area contributed by atoms with Gasteiger partial charge in [0.2, 0.25) is 0 Å². The number of unbranched alkanes of at least 4 members (excludes halogenated alkanes) is 2. The maximum absolute atomic E-state index is 15.0. The van der Waals surface area contributed by atoms with Crippen LogP contribution in [0.5, 0.6) is 0 Å². The van der Waals surface area contributed by atoms with Crippen molar-refractivity contribution in [3.05, 3.63) is 66.3 Å². The van der Waals surface area contributed by atoms with Crippen LogP contribution in [0.2, 0.25) is 0 Å². The summed E-state index contributed by atoms with van der Waals surface area (Å²) in [7, 11) is 0. The lowest BCUT2D eigenvalue weighted by Crippen LogP contribution is -2.18. The molecule has 0 saturated heterocycles. The number of aliphatic carboxylic acids is 1. The fourth-order valence-electron chi connectivity index (χ4n) is 3.41. The van der Waals surface area contributed by atoms with Crippen molar-refractivity contribution >= 4 is 16.9 Å². The summed E-state index contributed by atoms with van der Waals surface area (Å²) < 4.78 is 35.8. The van der Waals surface area contributed by atoms with Gasteiger partial charge in [0, 0.05) is 22.9 Å². The molecular weight excluding hydrogens is 362 g/mol. The molecule has 1 radical (unpaired) electrons. The topological polar surface area (TPSA) is 50.4 Å². The second-order valence-electron chi connectivity index (χ2n) is 6.89. The van der Waals surface area contributed by atoms with Gasteiger partial charge in [0.25, 0.3) is 0 Å². The van der Waals surface area contributed by atoms with Crippen LogP contribution in [0.25, 0.3) is 22.1 Å². The molecule has 147 valence electrons. The Balaban J connectivity index is 2.22. The first kappa shape index (κ1) is 20.1. The molecule has 0 bridgehead atoms. The summed E-state index contributed by atoms with van der Waals surface area (Å²) in [6.45, 7) is 3.31. The maximum atomic E-state index is 15.0. The second kappa shape index (κ2) is 8.13. The zero-order chi connectivity index (χ0) is 20.3. The van der Waals surface area contributed by atoms with Crippen LogP contribution in [0.1, 0.15) is 50.4 Å². The van der Waals surface area contributed by atoms with Gasteiger partial charge in [-0.25, -0.2) is 0 Å². The van der Waals surface area contributed by atoms with E-state index in [9.17, 15) is 9.90 Å². The van der Waals surface area contributed by atoms with Gasteiger partial charge in [0.1, 0.15) is 5.58 Å². The Morgan fingerprint density at radius 2 is 1.89 bits per heavy atom. The van der Waals surface area contributed by atoms with Gasteiger partial charge in [-0.3, -0.25) is 4.79 Å². The number of rotatable bonds is 8. The first-order valence-electron chi connectivity index (χ1n) is 9.40. The highest BCUT2D eigenvalue weighted by Gasteiger charge is 2.41. The van der Waals surface area contributed by atoms with Crippen molar-refractivity contribution in [1.82, 2.24) is 0 Å². The summed E-state index contributed by atoms with van der Waals surface area (Å²) in [5, 5.41) is 9.93. The SMILES string of the molecule is CC[CH]CCC(F)(F)c1oc2c(-c3ccccc3)cccc2c1C(C)C(=O)O. The van der Waals surface area contributed by atoms with E-state index in [0.29, 0.717) is 23.0 Å². The number of furan rings is 1. The van der Waals surface area contributed by atoms with E-state index in [1.54, 1.807) is 24.6 Å². The first-order chi connectivity index (χ1) is 13.4. The fourth-order valence-corrected chi connectivity index (χ4v) is 3.41. The monoisotopic (exact) mass is 385 g/mol. The average Bonchev–Trinajstić information content (AvgIpc) is 3.08. The van der Waals surface area contributed by atoms with Crippen LogP contribution in [0, 0.1) is 6.42 Å². The van der Waals surface area contributed by atoms with E-state index < -0.39 is 30.0 Å². The van der Waals surface area contributed by atoms with Gasteiger partial charge in [0.05, 0.1) is 5.92 Å². The van der Waals surface area contributed by atoms with E-state index in [1.807, 2.05) is 37.3 Å². The van der Waals surface area contributed by atoms with E-state index in [0.717, 1.165) is 5.56 Å². The van der Waals surface area contributed by atoms with Crippen LogP contribution in [0.4, 0.5) is 8.78 Å². The Kier molecular flexibility index (Phi) is 5.82. The Labute approximate surface area is 163 Å². The van der Waals surface area contributed by atoms with Crippen LogP contribution in [-0.2, 0) is 10.7 Å². The predicted octanol–water partition coefficient (Wildman–Crippen LogP) is 6.77. The standard InChI is InChI=1S/C23H23F2O3/c1-3-4-8-14-23(24,25)21-19(15(2)22(26)27)18-13-9-12-17(20(18)28-21)16-10-6-5-7-11-16/h4-7,9-13,15H,3,8,14H2,1-2H3,(H,26,27). The number of carboxylic acids is 1. The zero-order valence-electron chi connectivity index (χ0n) is 15.9. The fraction of sp³-hybridized carbons (Fsp3) is 0.304. The molecule has 0 aliphatic carbocycles. The number of alkyl halides is 2. The zero-order valence-corrected chi connectivity index (χ0v) is 15.9. The van der Waals surface area contributed by atoms with E-state index in [1.165, 1.54) is 6.92 Å². The summed E-state index contributed by atoms with van der Waals surface area (Å²) >= 11 is 0. The minimum Gasteiger partial charge on any atom is -0.481 e. The summed E-state index contributed by atoms with van der Waals surface area (Å²) in [5.74, 6) is -6.06. The normalized spacial score (nSPS) is 13.0. The third kappa shape index (κ3) is 3.79. The molecular formula is C23H23F2O3. The van der Waals surface area contributed by atoms with Gasteiger partial charge < -0.3 is 9.52 Å². The molecule has 1 aromatic heterocycles. The molecule has 3 rings (SSSR count). The third-order valence-electron chi connectivity index (χ3n) is 4.93. The van der Waals surface area contributed by atoms with E-state index in [4.69, 9.17) is 4.42 Å². The van der Waals surface area contributed by atoms with Crippen molar-refractivity contribution in [2.75, 3.05) is 0 Å². The molecule has 0 aliphatic rings. The van der Waals surface area contributed by atoms with Crippen molar-refractivity contribution in [2.45, 2.75) is 45.0 Å². The van der Waals surface area contributed by atoms with Crippen LogP contribution in [0.3, 0.4) is 0 Å². The van der Waals surface area contributed by atoms with E-state index >= 15 is 8.78 Å². The van der Waals surface area contributed by atoms with Gasteiger partial charge >= 0.3 is 11.9 Å². The molecule has 5 heteroatoms. The summed E-state index contributed by atoms with van der Waals surface area (Å²) in [6, 6.07) is 14.5. The number of hydrogen-bond donors (Lipinski definition) is 1. The van der Waals surface area contributed by atoms with E-state index in [-0.39, 0.29) is 12.0 Å². The number of carboxylic acid groups (broad SMARTS) is 1. The predicted molar refractivity (Wildman–Crippen MR) is 105 cm³/mol. The highest BCUT2D eigenvalue weighted by Crippen LogP contribution is 2.45. The molecule has 0 amide bonds. The Morgan fingerprint density at radius 3 is 2.54 bits per heavy atom. The quantitative estimate of drug-likeness (QED) is 0.435. The Hall–Kier alpha value is -2.69. The first-order valence-corrected chi connectivity index (χ1v) is 9.40. The number of fused-ring (bicyclic) bond motifs is 1. The minimum absolute atomic E-state index is 0.0572. The van der Waals surface area contributed by atoms with Gasteiger partial charge in [0.15, 0.2) is 5.76 Å². The van der Waals surface area contributed by atoms with Crippen LogP contribution in [0.15, 0.2) is 52.9 Å². The van der Waals surface area contributed by atoms with Gasteiger partial charge in [-0.05, 0) is 25.3 Å². The molecule has 1 unspecified atom stereocenters. The number of benzene rings is 2. The molecule has 0 fully saturated rings. The average molecular weight is 385 g/mol. The van der Waals surface area contributed by atoms with Crippen molar-refractivity contribution in [3.63, 3.8) is 0 Å². The smallest absolute Gasteiger partial charge is 0.310 e. The molecule has 1 atom stereocenters. The van der Waals surface area contributed by atoms with Crippen LogP contribution in [-0.4, -0.2) is 11.1 Å². The molecule has 28 heavy (non-hydrogen) atoms. The number of carbonyl (C=O) groups is 1. The highest BCUT2D eigenvalue weighted by molar-refractivity contribution is 5.97. The molecule has 1 heterocycles. The summed E-state index contributed by atoms with van der Waals surface area (Å²) in [4.78, 5) is 11.6. The van der Waals surface area contributed by atoms with Gasteiger partial charge in [-0.2, -0.15) is 8.78 Å². The second-order valence-corrected chi connectivity index (χ2v) is 6.89. The number of hydrogen-bond acceptors (Lipinski definition) is 2. The van der Waals surface area contributed by atoms with Crippen molar-refractivity contribution in [2.24, 2.45) is 0 Å². The molecule has 1 N–H and O–H groups in total. The molecule has 3 aromatic rings. The van der Waals surface area contributed by atoms with Gasteiger partial charge in [-0.15, -0.1) is 0 Å². The van der Waals surface area contributed by atoms with Crippen molar-refractivity contribution in [1.29, 1.82) is 0 Å². The highest BCUT2D eigenvalue weighted by atomic mass is 19.3. The molecule has 0 aliphatic heterocycles. The lowest BCUT2D eigenvalue weighted by atomic mass is 9.92.